The zero-order chi connectivity index (χ0) is 17.4. The van der Waals surface area contributed by atoms with Crippen LogP contribution >= 0.6 is 11.3 Å². The summed E-state index contributed by atoms with van der Waals surface area (Å²) in [5.74, 6) is -1.37. The lowest BCUT2D eigenvalue weighted by atomic mass is 10.1. The monoisotopic (exact) mass is 356 g/mol. The van der Waals surface area contributed by atoms with Crippen molar-refractivity contribution in [2.24, 2.45) is 0 Å². The van der Waals surface area contributed by atoms with Gasteiger partial charge in [0.05, 0.1) is 11.1 Å². The lowest BCUT2D eigenvalue weighted by molar-refractivity contribution is -0.143. The highest BCUT2D eigenvalue weighted by atomic mass is 32.1. The van der Waals surface area contributed by atoms with Gasteiger partial charge in [-0.25, -0.2) is 9.78 Å². The number of alkyl halides is 6. The number of hydrogen-bond acceptors (Lipinski definition) is 4. The Hall–Kier alpha value is -2.30. The van der Waals surface area contributed by atoms with Crippen LogP contribution in [0, 0.1) is 0 Å². The zero-order valence-corrected chi connectivity index (χ0v) is 11.6. The van der Waals surface area contributed by atoms with Gasteiger partial charge < -0.3 is 10.4 Å². The third kappa shape index (κ3) is 4.12. The predicted octanol–water partition coefficient (Wildman–Crippen LogP) is 4.62. The number of carboxylic acids is 1. The number of aromatic carboxylic acids is 1. The van der Waals surface area contributed by atoms with Crippen LogP contribution in [0.25, 0.3) is 0 Å². The summed E-state index contributed by atoms with van der Waals surface area (Å²) in [6, 6.07) is 0.962. The molecule has 0 atom stereocenters. The van der Waals surface area contributed by atoms with Crippen molar-refractivity contribution in [3.8, 4) is 0 Å². The summed E-state index contributed by atoms with van der Waals surface area (Å²) in [5.41, 5.74) is -3.84. The van der Waals surface area contributed by atoms with E-state index in [9.17, 15) is 31.1 Å². The molecule has 0 spiro atoms. The molecular weight excluding hydrogens is 350 g/mol. The maximum atomic E-state index is 12.7. The molecule has 0 bridgehead atoms. The van der Waals surface area contributed by atoms with Crippen LogP contribution in [0.1, 0.15) is 21.6 Å². The number of nitrogens with one attached hydrogen (secondary N) is 1. The van der Waals surface area contributed by atoms with Gasteiger partial charge in [0, 0.05) is 11.1 Å². The van der Waals surface area contributed by atoms with Gasteiger partial charge in [-0.2, -0.15) is 26.3 Å². The summed E-state index contributed by atoms with van der Waals surface area (Å²) in [4.78, 5) is 14.2. The predicted molar refractivity (Wildman–Crippen MR) is 68.8 cm³/mol. The molecule has 124 valence electrons. The van der Waals surface area contributed by atoms with E-state index in [1.54, 1.807) is 0 Å². The molecule has 11 heteroatoms. The zero-order valence-electron chi connectivity index (χ0n) is 10.8. The molecule has 1 aromatic heterocycles. The molecule has 0 aliphatic heterocycles. The van der Waals surface area contributed by atoms with Gasteiger partial charge in [-0.1, -0.05) is 0 Å². The van der Waals surface area contributed by atoms with Crippen molar-refractivity contribution in [2.75, 3.05) is 5.32 Å². The molecule has 4 nitrogen and oxygen atoms in total. The Morgan fingerprint density at radius 1 is 1.04 bits per heavy atom. The Bertz CT molecular complexity index is 706. The second-order valence-corrected chi connectivity index (χ2v) is 5.12. The molecule has 23 heavy (non-hydrogen) atoms. The number of aromatic nitrogens is 1. The maximum Gasteiger partial charge on any atom is 0.416 e. The summed E-state index contributed by atoms with van der Waals surface area (Å²) in [6.07, 6.45) is -9.93. The van der Waals surface area contributed by atoms with Crippen molar-refractivity contribution in [3.63, 3.8) is 0 Å². The maximum absolute atomic E-state index is 12.7. The second kappa shape index (κ2) is 5.72. The largest absolute Gasteiger partial charge is 0.476 e. The fourth-order valence-electron chi connectivity index (χ4n) is 1.58. The van der Waals surface area contributed by atoms with E-state index in [0.29, 0.717) is 12.1 Å². The molecule has 1 aromatic carbocycles. The summed E-state index contributed by atoms with van der Waals surface area (Å²) in [5, 5.41) is 11.9. The number of thiazole rings is 1. The van der Waals surface area contributed by atoms with Crippen LogP contribution in [0.3, 0.4) is 0 Å². The Morgan fingerprint density at radius 3 is 1.96 bits per heavy atom. The second-order valence-electron chi connectivity index (χ2n) is 4.26. The van der Waals surface area contributed by atoms with Crippen LogP contribution in [0.15, 0.2) is 23.6 Å². The number of hydrogen-bond donors (Lipinski definition) is 2. The molecule has 2 rings (SSSR count). The van der Waals surface area contributed by atoms with Crippen LogP contribution in [-0.2, 0) is 12.4 Å². The van der Waals surface area contributed by atoms with E-state index in [2.05, 4.69) is 10.3 Å². The van der Waals surface area contributed by atoms with Crippen LogP contribution in [0.5, 0.6) is 0 Å². The average Bonchev–Trinajstić information content (AvgIpc) is 2.85. The quantitative estimate of drug-likeness (QED) is 0.788. The lowest BCUT2D eigenvalue weighted by Crippen LogP contribution is -2.11. The summed E-state index contributed by atoms with van der Waals surface area (Å²) >= 11 is 0.734. The van der Waals surface area contributed by atoms with E-state index in [-0.39, 0.29) is 16.9 Å². The topological polar surface area (TPSA) is 62.2 Å². The number of carbonyl (C=O) groups is 1. The molecule has 0 radical (unpaired) electrons. The van der Waals surface area contributed by atoms with Crippen molar-refractivity contribution >= 4 is 28.1 Å². The van der Waals surface area contributed by atoms with Gasteiger partial charge in [-0.15, -0.1) is 11.3 Å². The number of rotatable bonds is 3. The first-order chi connectivity index (χ1) is 10.5. The molecule has 0 saturated heterocycles. The van der Waals surface area contributed by atoms with Crippen LogP contribution in [0.2, 0.25) is 0 Å². The number of anilines is 2. The molecule has 0 aliphatic carbocycles. The highest BCUT2D eigenvalue weighted by molar-refractivity contribution is 7.14. The number of halogens is 6. The Kier molecular flexibility index (Phi) is 4.24. The van der Waals surface area contributed by atoms with E-state index >= 15 is 0 Å². The van der Waals surface area contributed by atoms with E-state index in [1.165, 1.54) is 0 Å². The molecule has 0 fully saturated rings. The van der Waals surface area contributed by atoms with Crippen molar-refractivity contribution in [1.82, 2.24) is 4.98 Å². The Morgan fingerprint density at radius 2 is 1.57 bits per heavy atom. The van der Waals surface area contributed by atoms with E-state index in [0.717, 1.165) is 16.7 Å². The molecule has 1 heterocycles. The highest BCUT2D eigenvalue weighted by Crippen LogP contribution is 2.38. The minimum atomic E-state index is -4.97. The van der Waals surface area contributed by atoms with Crippen molar-refractivity contribution < 1.29 is 36.2 Å². The van der Waals surface area contributed by atoms with Gasteiger partial charge in [0.1, 0.15) is 0 Å². The van der Waals surface area contributed by atoms with Crippen molar-refractivity contribution in [3.05, 3.63) is 40.4 Å². The first-order valence-electron chi connectivity index (χ1n) is 5.72. The van der Waals surface area contributed by atoms with Gasteiger partial charge in [0.15, 0.2) is 10.8 Å². The third-order valence-corrected chi connectivity index (χ3v) is 3.32. The van der Waals surface area contributed by atoms with Crippen LogP contribution < -0.4 is 5.32 Å². The third-order valence-electron chi connectivity index (χ3n) is 2.56. The summed E-state index contributed by atoms with van der Waals surface area (Å²) in [6.45, 7) is 0. The fraction of sp³-hybridized carbons (Fsp3) is 0.167. The first kappa shape index (κ1) is 17.1. The van der Waals surface area contributed by atoms with E-state index in [1.807, 2.05) is 0 Å². The minimum Gasteiger partial charge on any atom is -0.476 e. The smallest absolute Gasteiger partial charge is 0.416 e. The normalized spacial score (nSPS) is 12.3. The van der Waals surface area contributed by atoms with Crippen LogP contribution in [0.4, 0.5) is 37.2 Å². The Balaban J connectivity index is 2.42. The standard InChI is InChI=1S/C12H6F6N2O2S/c13-11(14,15)5-1-6(12(16,17)18)3-7(2-5)19-10-20-8(4-23-10)9(21)22/h1-4H,(H,19,20)(H,21,22). The van der Waals surface area contributed by atoms with Gasteiger partial charge in [-0.3, -0.25) is 0 Å². The minimum absolute atomic E-state index is 0.00426. The number of carboxylic acid groups (broad SMARTS) is 1. The van der Waals surface area contributed by atoms with Crippen molar-refractivity contribution in [2.45, 2.75) is 12.4 Å². The molecule has 0 amide bonds. The van der Waals surface area contributed by atoms with Gasteiger partial charge in [0.25, 0.3) is 0 Å². The molecule has 0 saturated carbocycles. The van der Waals surface area contributed by atoms with Gasteiger partial charge in [0.2, 0.25) is 0 Å². The fourth-order valence-corrected chi connectivity index (χ4v) is 2.28. The SMILES string of the molecule is O=C(O)c1csc(Nc2cc(C(F)(F)F)cc(C(F)(F)F)c2)n1. The Labute approximate surface area is 128 Å². The average molecular weight is 356 g/mol. The van der Waals surface area contributed by atoms with E-state index < -0.39 is 35.1 Å². The van der Waals surface area contributed by atoms with E-state index in [4.69, 9.17) is 5.11 Å². The number of benzene rings is 1. The summed E-state index contributed by atoms with van der Waals surface area (Å²) in [7, 11) is 0. The van der Waals surface area contributed by atoms with Crippen molar-refractivity contribution in [1.29, 1.82) is 0 Å². The summed E-state index contributed by atoms with van der Waals surface area (Å²) < 4.78 is 76.2. The molecule has 2 N–H and O–H groups in total. The van der Waals surface area contributed by atoms with Gasteiger partial charge in [-0.05, 0) is 18.2 Å². The molecule has 2 aromatic rings. The first-order valence-corrected chi connectivity index (χ1v) is 6.60. The molecular formula is C12H6F6N2O2S. The lowest BCUT2D eigenvalue weighted by Gasteiger charge is -2.14. The molecule has 0 unspecified atom stereocenters. The van der Waals surface area contributed by atoms with Gasteiger partial charge >= 0.3 is 18.3 Å². The highest BCUT2D eigenvalue weighted by Gasteiger charge is 2.37. The molecule has 0 aliphatic rings. The number of nitrogens with zero attached hydrogens (tertiary/aromatic N) is 1. The van der Waals surface area contributed by atoms with Crippen LogP contribution in [-0.4, -0.2) is 16.1 Å².